The van der Waals surface area contributed by atoms with Gasteiger partial charge in [0, 0.05) is 73.4 Å². The van der Waals surface area contributed by atoms with Gasteiger partial charge in [-0.25, -0.2) is 9.98 Å². The number of nitrogens with zero attached hydrogens (tertiary/aromatic N) is 2. The maximum absolute atomic E-state index is 6.27. The van der Waals surface area contributed by atoms with Crippen LogP contribution in [0.4, 0.5) is 0 Å². The molecule has 1 aliphatic heterocycles. The van der Waals surface area contributed by atoms with Crippen molar-refractivity contribution in [3.63, 3.8) is 0 Å². The Balaban J connectivity index is 1.12. The summed E-state index contributed by atoms with van der Waals surface area (Å²) in [5.41, 5.74) is 7.30. The van der Waals surface area contributed by atoms with Crippen LogP contribution in [0.1, 0.15) is 22.9 Å². The Morgan fingerprint density at radius 2 is 1.24 bits per heavy atom. The molecule has 11 rings (SSSR count). The standard InChI is InChI=1S/C45H27N3OS2/c1-2-11-26(12-3-1)43-46-44(48-45(47-43)33-18-9-20-36-40(33)32-14-4-6-19-35(32)49-36)27-23-24-38-34(25-27)41-29(15-10-22-39(41)50-38)31-17-8-16-30-28-13-5-7-21-37(28)51-42(30)31/h1-25,45H,(H,46,47,48). The highest BCUT2D eigenvalue weighted by Crippen LogP contribution is 2.45. The largest absolute Gasteiger partial charge is 0.456 e. The molecule has 1 unspecified atom stereocenters. The Kier molecular flexibility index (Phi) is 6.32. The first-order valence-electron chi connectivity index (χ1n) is 17.0. The van der Waals surface area contributed by atoms with Gasteiger partial charge < -0.3 is 9.73 Å². The summed E-state index contributed by atoms with van der Waals surface area (Å²) in [6, 6.07) is 53.6. The summed E-state index contributed by atoms with van der Waals surface area (Å²) < 4.78 is 11.4. The number of furan rings is 1. The number of nitrogens with one attached hydrogen (secondary N) is 1. The van der Waals surface area contributed by atoms with E-state index < -0.39 is 0 Å². The number of rotatable bonds is 4. The SMILES string of the molecule is c1ccc(C2=NC(c3ccc4sc5cccc(-c6cccc7c6sc6ccccc67)c5c4c3)=NC(c3cccc4oc5ccccc5c34)N2)cc1. The average molecular weight is 690 g/mol. The molecule has 0 bridgehead atoms. The van der Waals surface area contributed by atoms with Crippen molar-refractivity contribution in [1.82, 2.24) is 5.32 Å². The number of aliphatic imine (C=N–C) groups is 2. The summed E-state index contributed by atoms with van der Waals surface area (Å²) in [7, 11) is 0. The van der Waals surface area contributed by atoms with E-state index in [9.17, 15) is 0 Å². The Bertz CT molecular complexity index is 3070. The van der Waals surface area contributed by atoms with E-state index in [0.29, 0.717) is 5.84 Å². The summed E-state index contributed by atoms with van der Waals surface area (Å²) >= 11 is 3.72. The van der Waals surface area contributed by atoms with Gasteiger partial charge in [0.2, 0.25) is 0 Å². The van der Waals surface area contributed by atoms with E-state index in [4.69, 9.17) is 14.4 Å². The zero-order valence-corrected chi connectivity index (χ0v) is 28.8. The highest BCUT2D eigenvalue weighted by Gasteiger charge is 2.25. The zero-order valence-electron chi connectivity index (χ0n) is 27.1. The van der Waals surface area contributed by atoms with E-state index in [0.717, 1.165) is 44.5 Å². The smallest absolute Gasteiger partial charge is 0.159 e. The van der Waals surface area contributed by atoms with Gasteiger partial charge in [0.25, 0.3) is 0 Å². The highest BCUT2D eigenvalue weighted by molar-refractivity contribution is 7.26. The summed E-state index contributed by atoms with van der Waals surface area (Å²) in [6.07, 6.45) is -0.367. The Labute approximate surface area is 300 Å². The second-order valence-corrected chi connectivity index (χ2v) is 15.1. The highest BCUT2D eigenvalue weighted by atomic mass is 32.1. The topological polar surface area (TPSA) is 49.9 Å². The van der Waals surface area contributed by atoms with Crippen LogP contribution in [0.5, 0.6) is 0 Å². The molecule has 7 aromatic carbocycles. The molecule has 51 heavy (non-hydrogen) atoms. The monoisotopic (exact) mass is 689 g/mol. The van der Waals surface area contributed by atoms with Crippen LogP contribution in [-0.4, -0.2) is 11.7 Å². The summed E-state index contributed by atoms with van der Waals surface area (Å²) in [5.74, 6) is 1.50. The first-order valence-corrected chi connectivity index (χ1v) is 18.6. The van der Waals surface area contributed by atoms with Crippen molar-refractivity contribution >= 4 is 96.6 Å². The normalized spacial score (nSPS) is 14.9. The third-order valence-corrected chi connectivity index (χ3v) is 12.3. The fraction of sp³-hybridized carbons (Fsp3) is 0.0222. The first kappa shape index (κ1) is 28.7. The van der Waals surface area contributed by atoms with E-state index in [1.165, 1.54) is 51.5 Å². The van der Waals surface area contributed by atoms with E-state index >= 15 is 0 Å². The van der Waals surface area contributed by atoms with Crippen molar-refractivity contribution in [3.05, 3.63) is 168 Å². The lowest BCUT2D eigenvalue weighted by Crippen LogP contribution is -2.33. The van der Waals surface area contributed by atoms with Crippen LogP contribution in [0, 0.1) is 0 Å². The third kappa shape index (κ3) is 4.50. The fourth-order valence-electron chi connectivity index (χ4n) is 7.66. The number of hydrogen-bond acceptors (Lipinski definition) is 6. The molecule has 6 heteroatoms. The minimum Gasteiger partial charge on any atom is -0.456 e. The fourth-order valence-corrected chi connectivity index (χ4v) is 10.0. The predicted molar refractivity (Wildman–Crippen MR) is 217 cm³/mol. The van der Waals surface area contributed by atoms with Gasteiger partial charge in [-0.15, -0.1) is 22.7 Å². The van der Waals surface area contributed by atoms with E-state index in [1.807, 2.05) is 65.1 Å². The maximum Gasteiger partial charge on any atom is 0.159 e. The van der Waals surface area contributed by atoms with Crippen LogP contribution in [0.25, 0.3) is 73.4 Å². The molecule has 1 aliphatic rings. The van der Waals surface area contributed by atoms with Crippen LogP contribution >= 0.6 is 22.7 Å². The lowest BCUT2D eigenvalue weighted by molar-refractivity contribution is 0.662. The van der Waals surface area contributed by atoms with Gasteiger partial charge in [0.15, 0.2) is 5.84 Å². The van der Waals surface area contributed by atoms with Gasteiger partial charge in [-0.1, -0.05) is 109 Å². The quantitative estimate of drug-likeness (QED) is 0.200. The van der Waals surface area contributed by atoms with Crippen LogP contribution in [0.2, 0.25) is 0 Å². The Morgan fingerprint density at radius 1 is 0.510 bits per heavy atom. The first-order chi connectivity index (χ1) is 25.3. The van der Waals surface area contributed by atoms with E-state index in [-0.39, 0.29) is 6.17 Å². The van der Waals surface area contributed by atoms with Gasteiger partial charge in [0.1, 0.15) is 23.2 Å². The molecule has 0 saturated carbocycles. The van der Waals surface area contributed by atoms with Gasteiger partial charge >= 0.3 is 0 Å². The number of para-hydroxylation sites is 1. The minimum atomic E-state index is -0.367. The molecule has 0 amide bonds. The second kappa shape index (κ2) is 11.2. The molecule has 1 N–H and O–H groups in total. The number of hydrogen-bond donors (Lipinski definition) is 1. The average Bonchev–Trinajstić information content (AvgIpc) is 3.89. The molecule has 0 saturated heterocycles. The van der Waals surface area contributed by atoms with Crippen molar-refractivity contribution in [2.45, 2.75) is 6.17 Å². The molecule has 3 aromatic heterocycles. The summed E-state index contributed by atoms with van der Waals surface area (Å²) in [6.45, 7) is 0. The van der Waals surface area contributed by atoms with Crippen molar-refractivity contribution < 1.29 is 4.42 Å². The minimum absolute atomic E-state index is 0.367. The molecule has 240 valence electrons. The Morgan fingerprint density at radius 3 is 2.18 bits per heavy atom. The molecule has 10 aromatic rings. The van der Waals surface area contributed by atoms with Crippen LogP contribution in [0.15, 0.2) is 166 Å². The number of benzene rings is 7. The van der Waals surface area contributed by atoms with Gasteiger partial charge in [-0.05, 0) is 48.0 Å². The van der Waals surface area contributed by atoms with Gasteiger partial charge in [-0.2, -0.15) is 0 Å². The lowest BCUT2D eigenvalue weighted by Gasteiger charge is -2.24. The Hall–Kier alpha value is -6.08. The van der Waals surface area contributed by atoms with Crippen LogP contribution in [-0.2, 0) is 0 Å². The van der Waals surface area contributed by atoms with Gasteiger partial charge in [0.05, 0.1) is 0 Å². The van der Waals surface area contributed by atoms with Crippen LogP contribution < -0.4 is 5.32 Å². The van der Waals surface area contributed by atoms with E-state index in [1.54, 1.807) is 0 Å². The number of thiophene rings is 2. The molecule has 0 fully saturated rings. The van der Waals surface area contributed by atoms with Crippen molar-refractivity contribution in [1.29, 1.82) is 0 Å². The second-order valence-electron chi connectivity index (χ2n) is 12.9. The zero-order chi connectivity index (χ0) is 33.5. The molecular weight excluding hydrogens is 663 g/mol. The van der Waals surface area contributed by atoms with Crippen molar-refractivity contribution in [2.75, 3.05) is 0 Å². The summed E-state index contributed by atoms with van der Waals surface area (Å²) in [4.78, 5) is 10.5. The molecule has 4 nitrogen and oxygen atoms in total. The molecule has 1 atom stereocenters. The summed E-state index contributed by atoms with van der Waals surface area (Å²) in [5, 5.41) is 10.9. The number of fused-ring (bicyclic) bond motifs is 9. The molecule has 4 heterocycles. The maximum atomic E-state index is 6.27. The van der Waals surface area contributed by atoms with Gasteiger partial charge in [-0.3, -0.25) is 0 Å². The molecule has 0 aliphatic carbocycles. The van der Waals surface area contributed by atoms with Crippen LogP contribution in [0.3, 0.4) is 0 Å². The van der Waals surface area contributed by atoms with Crippen molar-refractivity contribution in [2.24, 2.45) is 9.98 Å². The predicted octanol–water partition coefficient (Wildman–Crippen LogP) is 12.5. The molecule has 0 spiro atoms. The molecular formula is C45H27N3OS2. The van der Waals surface area contributed by atoms with Crippen molar-refractivity contribution in [3.8, 4) is 11.1 Å². The molecule has 0 radical (unpaired) electrons. The third-order valence-electron chi connectivity index (χ3n) is 9.97. The van der Waals surface area contributed by atoms with E-state index in [2.05, 4.69) is 115 Å². The number of amidine groups is 2. The lowest BCUT2D eigenvalue weighted by atomic mass is 9.97.